The van der Waals surface area contributed by atoms with Crippen LogP contribution < -0.4 is 5.73 Å². The monoisotopic (exact) mass is 343 g/mol. The van der Waals surface area contributed by atoms with Gasteiger partial charge in [0.15, 0.2) is 5.82 Å². The highest BCUT2D eigenvalue weighted by molar-refractivity contribution is 5.93. The lowest BCUT2D eigenvalue weighted by atomic mass is 10.2. The molecule has 0 atom stereocenters. The van der Waals surface area contributed by atoms with E-state index in [9.17, 15) is 9.59 Å². The molecule has 3 aromatic rings. The number of hydrogen-bond acceptors (Lipinski definition) is 8. The Morgan fingerprint density at radius 2 is 1.64 bits per heavy atom. The van der Waals surface area contributed by atoms with Gasteiger partial charge in [-0.1, -0.05) is 0 Å². The molecular formula is C14H13N7O4. The lowest BCUT2D eigenvalue weighted by molar-refractivity contribution is 0.0686. The molecule has 11 heteroatoms. The lowest BCUT2D eigenvalue weighted by Gasteiger charge is -2.04. The third-order valence-electron chi connectivity index (χ3n) is 2.97. The van der Waals surface area contributed by atoms with Crippen LogP contribution in [0.4, 0.5) is 5.69 Å². The number of hydrogen-bond donors (Lipinski definition) is 3. The Kier molecular flexibility index (Phi) is 5.30. The molecule has 0 spiro atoms. The van der Waals surface area contributed by atoms with E-state index in [0.717, 1.165) is 0 Å². The van der Waals surface area contributed by atoms with E-state index in [4.69, 9.17) is 15.9 Å². The second-order valence-electron chi connectivity index (χ2n) is 4.60. The van der Waals surface area contributed by atoms with E-state index in [2.05, 4.69) is 25.5 Å². The number of nitrogens with zero attached hydrogens (tertiary/aromatic N) is 6. The van der Waals surface area contributed by atoms with E-state index >= 15 is 0 Å². The van der Waals surface area contributed by atoms with Crippen LogP contribution in [-0.4, -0.2) is 52.3 Å². The lowest BCUT2D eigenvalue weighted by Crippen LogP contribution is -2.08. The molecule has 4 N–H and O–H groups in total. The first-order chi connectivity index (χ1) is 11.9. The van der Waals surface area contributed by atoms with Gasteiger partial charge in [-0.3, -0.25) is 9.97 Å². The van der Waals surface area contributed by atoms with Gasteiger partial charge >= 0.3 is 11.9 Å². The van der Waals surface area contributed by atoms with Gasteiger partial charge in [0.1, 0.15) is 5.69 Å². The minimum Gasteiger partial charge on any atom is -0.478 e. The van der Waals surface area contributed by atoms with E-state index in [1.165, 1.54) is 41.6 Å². The second-order valence-corrected chi connectivity index (χ2v) is 4.60. The summed E-state index contributed by atoms with van der Waals surface area (Å²) in [5.74, 6) is -1.56. The Balaban J connectivity index is 0.000000196. The largest absolute Gasteiger partial charge is 0.478 e. The van der Waals surface area contributed by atoms with Crippen molar-refractivity contribution in [2.75, 3.05) is 5.73 Å². The Morgan fingerprint density at radius 1 is 1.04 bits per heavy atom. The number of anilines is 1. The molecule has 0 aliphatic carbocycles. The molecule has 0 aromatic carbocycles. The van der Waals surface area contributed by atoms with Crippen LogP contribution in [0.1, 0.15) is 26.5 Å². The van der Waals surface area contributed by atoms with Crippen molar-refractivity contribution in [2.24, 2.45) is 0 Å². The molecule has 0 amide bonds. The van der Waals surface area contributed by atoms with Crippen LogP contribution in [0.15, 0.2) is 36.9 Å². The maximum atomic E-state index is 10.9. The Morgan fingerprint density at radius 3 is 2.12 bits per heavy atom. The highest BCUT2D eigenvalue weighted by Gasteiger charge is 2.14. The number of nitrogen functional groups attached to an aromatic ring is 1. The number of rotatable bonds is 3. The second kappa shape index (κ2) is 7.59. The molecular weight excluding hydrogens is 330 g/mol. The fourth-order valence-electron chi connectivity index (χ4n) is 1.79. The van der Waals surface area contributed by atoms with Crippen LogP contribution in [0, 0.1) is 6.92 Å². The molecule has 3 rings (SSSR count). The van der Waals surface area contributed by atoms with Crippen LogP contribution in [0.3, 0.4) is 0 Å². The van der Waals surface area contributed by atoms with Crippen molar-refractivity contribution in [2.45, 2.75) is 6.92 Å². The third-order valence-corrected chi connectivity index (χ3v) is 2.97. The summed E-state index contributed by atoms with van der Waals surface area (Å²) in [7, 11) is 0. The Labute approximate surface area is 140 Å². The zero-order valence-electron chi connectivity index (χ0n) is 12.9. The number of tetrazole rings is 1. The van der Waals surface area contributed by atoms with Gasteiger partial charge in [0.2, 0.25) is 0 Å². The van der Waals surface area contributed by atoms with Crippen LogP contribution in [0.2, 0.25) is 0 Å². The molecule has 0 radical (unpaired) electrons. The van der Waals surface area contributed by atoms with E-state index in [1.807, 2.05) is 0 Å². The molecule has 0 aliphatic heterocycles. The predicted molar refractivity (Wildman–Crippen MR) is 84.3 cm³/mol. The first-order valence-corrected chi connectivity index (χ1v) is 6.77. The number of carboxylic acid groups (broad SMARTS) is 2. The molecule has 3 aromatic heterocycles. The van der Waals surface area contributed by atoms with Gasteiger partial charge in [-0.05, 0) is 29.5 Å². The van der Waals surface area contributed by atoms with Gasteiger partial charge in [-0.25, -0.2) is 9.59 Å². The van der Waals surface area contributed by atoms with Crippen molar-refractivity contribution >= 4 is 17.6 Å². The maximum absolute atomic E-state index is 10.9. The van der Waals surface area contributed by atoms with E-state index in [0.29, 0.717) is 11.5 Å². The average Bonchev–Trinajstić information content (AvgIpc) is 3.01. The summed E-state index contributed by atoms with van der Waals surface area (Å²) in [6.07, 6.45) is 5.52. The fourth-order valence-corrected chi connectivity index (χ4v) is 1.79. The first kappa shape index (κ1) is 17.5. The molecule has 11 nitrogen and oxygen atoms in total. The van der Waals surface area contributed by atoms with Gasteiger partial charge in [-0.15, -0.1) is 5.10 Å². The van der Waals surface area contributed by atoms with Gasteiger partial charge in [-0.2, -0.15) is 4.68 Å². The van der Waals surface area contributed by atoms with Crippen LogP contribution in [0.25, 0.3) is 5.69 Å². The number of pyridine rings is 2. The maximum Gasteiger partial charge on any atom is 0.338 e. The quantitative estimate of drug-likeness (QED) is 0.605. The zero-order chi connectivity index (χ0) is 18.4. The summed E-state index contributed by atoms with van der Waals surface area (Å²) >= 11 is 0. The smallest absolute Gasteiger partial charge is 0.338 e. The van der Waals surface area contributed by atoms with Gasteiger partial charge in [0, 0.05) is 12.4 Å². The number of nitrogens with two attached hydrogens (primary N) is 1. The number of aromatic nitrogens is 6. The van der Waals surface area contributed by atoms with Crippen molar-refractivity contribution in [1.82, 2.24) is 30.2 Å². The molecule has 0 saturated carbocycles. The minimum atomic E-state index is -1.04. The predicted octanol–water partition coefficient (Wildman–Crippen LogP) is 0.426. The van der Waals surface area contributed by atoms with E-state index in [1.54, 1.807) is 6.92 Å². The molecule has 0 aliphatic rings. The average molecular weight is 343 g/mol. The van der Waals surface area contributed by atoms with Crippen molar-refractivity contribution in [3.8, 4) is 5.69 Å². The number of carbonyl (C=O) groups is 2. The fraction of sp³-hybridized carbons (Fsp3) is 0.0714. The van der Waals surface area contributed by atoms with Crippen LogP contribution in [-0.2, 0) is 0 Å². The Bertz CT molecular complexity index is 909. The van der Waals surface area contributed by atoms with Crippen LogP contribution >= 0.6 is 0 Å². The SMILES string of the molecule is Cc1nnnn1-c1cnccc1C(=O)O.Nc1cnccc1C(=O)O. The summed E-state index contributed by atoms with van der Waals surface area (Å²) in [6, 6.07) is 2.76. The summed E-state index contributed by atoms with van der Waals surface area (Å²) in [5, 5.41) is 28.2. The van der Waals surface area contributed by atoms with Gasteiger partial charge in [0.05, 0.1) is 29.2 Å². The zero-order valence-corrected chi connectivity index (χ0v) is 12.9. The van der Waals surface area contributed by atoms with Crippen molar-refractivity contribution < 1.29 is 19.8 Å². The highest BCUT2D eigenvalue weighted by atomic mass is 16.4. The summed E-state index contributed by atoms with van der Waals surface area (Å²) in [5.41, 5.74) is 6.03. The van der Waals surface area contributed by atoms with Gasteiger partial charge in [0.25, 0.3) is 0 Å². The normalized spacial score (nSPS) is 9.80. The van der Waals surface area contributed by atoms with Crippen molar-refractivity contribution in [1.29, 1.82) is 0 Å². The summed E-state index contributed by atoms with van der Waals surface area (Å²) in [6.45, 7) is 1.68. The van der Waals surface area contributed by atoms with Crippen molar-refractivity contribution in [3.05, 3.63) is 53.9 Å². The molecule has 25 heavy (non-hydrogen) atoms. The third kappa shape index (κ3) is 4.10. The van der Waals surface area contributed by atoms with E-state index < -0.39 is 11.9 Å². The van der Waals surface area contributed by atoms with Gasteiger partial charge < -0.3 is 15.9 Å². The topological polar surface area (TPSA) is 170 Å². The van der Waals surface area contributed by atoms with E-state index in [-0.39, 0.29) is 16.8 Å². The minimum absolute atomic E-state index is 0.0926. The molecule has 0 unspecified atom stereocenters. The summed E-state index contributed by atoms with van der Waals surface area (Å²) in [4.78, 5) is 28.7. The Hall–Kier alpha value is -3.89. The van der Waals surface area contributed by atoms with Crippen LogP contribution in [0.5, 0.6) is 0 Å². The number of aromatic carboxylic acids is 2. The molecule has 0 fully saturated rings. The summed E-state index contributed by atoms with van der Waals surface area (Å²) < 4.78 is 1.33. The standard InChI is InChI=1S/C8H7N5O2.C6H6N2O2/c1-5-10-11-12-13(5)7-4-9-3-2-6(7)8(14)15;7-5-3-8-2-1-4(5)6(9)10/h2-4H,1H3,(H,14,15);1-3H,7H2,(H,9,10). The number of aryl methyl sites for hydroxylation is 1. The molecule has 128 valence electrons. The highest BCUT2D eigenvalue weighted by Crippen LogP contribution is 2.12. The first-order valence-electron chi connectivity index (χ1n) is 6.77. The molecule has 3 heterocycles. The molecule has 0 bridgehead atoms. The molecule has 0 saturated heterocycles. The van der Waals surface area contributed by atoms with Crippen molar-refractivity contribution in [3.63, 3.8) is 0 Å². The number of carboxylic acids is 2.